The number of nitrogen functional groups attached to an aromatic ring is 1. The van der Waals surface area contributed by atoms with Crippen LogP contribution in [0.1, 0.15) is 5.56 Å². The van der Waals surface area contributed by atoms with Crippen molar-refractivity contribution in [2.45, 2.75) is 0 Å². The summed E-state index contributed by atoms with van der Waals surface area (Å²) in [7, 11) is 0. The van der Waals surface area contributed by atoms with Gasteiger partial charge in [-0.2, -0.15) is 10.2 Å². The fraction of sp³-hybridized carbons (Fsp3) is 0. The summed E-state index contributed by atoms with van der Waals surface area (Å²) < 4.78 is 18.6. The van der Waals surface area contributed by atoms with Crippen molar-refractivity contribution in [2.24, 2.45) is 5.84 Å². The van der Waals surface area contributed by atoms with Crippen LogP contribution in [0.3, 0.4) is 0 Å². The lowest BCUT2D eigenvalue weighted by Gasteiger charge is -2.06. The number of hydrogen-bond acceptors (Lipinski definition) is 8. The molecule has 0 atom stereocenters. The number of anilines is 1. The molecule has 0 aliphatic carbocycles. The molecule has 0 amide bonds. The van der Waals surface area contributed by atoms with E-state index in [2.05, 4.69) is 15.4 Å². The van der Waals surface area contributed by atoms with E-state index < -0.39 is 22.3 Å². The Hall–Kier alpha value is -3.32. The number of nitriles is 1. The Morgan fingerprint density at radius 1 is 1.52 bits per heavy atom. The molecular formula is C11H7FN6O3. The van der Waals surface area contributed by atoms with E-state index in [1.165, 1.54) is 12.1 Å². The van der Waals surface area contributed by atoms with E-state index >= 15 is 0 Å². The molecule has 10 heteroatoms. The van der Waals surface area contributed by atoms with E-state index in [4.69, 9.17) is 15.8 Å². The van der Waals surface area contributed by atoms with E-state index in [1.54, 1.807) is 6.07 Å². The molecule has 2 rings (SSSR count). The van der Waals surface area contributed by atoms with Crippen molar-refractivity contribution < 1.29 is 14.1 Å². The maximum absolute atomic E-state index is 13.5. The number of halogens is 1. The van der Waals surface area contributed by atoms with E-state index in [-0.39, 0.29) is 17.3 Å². The van der Waals surface area contributed by atoms with E-state index in [1.807, 2.05) is 0 Å². The van der Waals surface area contributed by atoms with Crippen LogP contribution in [0.4, 0.5) is 16.0 Å². The molecule has 3 N–H and O–H groups in total. The van der Waals surface area contributed by atoms with Crippen LogP contribution in [0.15, 0.2) is 24.4 Å². The minimum Gasteiger partial charge on any atom is -0.433 e. The summed E-state index contributed by atoms with van der Waals surface area (Å²) in [4.78, 5) is 17.4. The van der Waals surface area contributed by atoms with Gasteiger partial charge >= 0.3 is 11.6 Å². The fourth-order valence-corrected chi connectivity index (χ4v) is 1.39. The first-order chi connectivity index (χ1) is 10.0. The molecule has 106 valence electrons. The van der Waals surface area contributed by atoms with Crippen molar-refractivity contribution in [3.8, 4) is 17.7 Å². The number of aromatic nitrogens is 2. The van der Waals surface area contributed by atoms with Gasteiger partial charge in [-0.1, -0.05) is 0 Å². The lowest BCUT2D eigenvalue weighted by Crippen LogP contribution is -2.11. The lowest BCUT2D eigenvalue weighted by atomic mass is 10.2. The molecule has 1 aromatic heterocycles. The first-order valence-corrected chi connectivity index (χ1v) is 5.40. The number of nitrogens with two attached hydrogens (primary N) is 1. The SMILES string of the molecule is N#Cc1ccc(Oc2nc(NN)ncc2[N+](=O)[O-])cc1F. The maximum atomic E-state index is 13.5. The number of benzene rings is 1. The zero-order valence-electron chi connectivity index (χ0n) is 10.3. The van der Waals surface area contributed by atoms with Crippen molar-refractivity contribution in [2.75, 3.05) is 5.43 Å². The first kappa shape index (κ1) is 14.1. The molecule has 0 aliphatic heterocycles. The number of nitro groups is 1. The van der Waals surface area contributed by atoms with Gasteiger partial charge < -0.3 is 4.74 Å². The Balaban J connectivity index is 2.40. The second-order valence-electron chi connectivity index (χ2n) is 3.64. The van der Waals surface area contributed by atoms with Gasteiger partial charge in [0, 0.05) is 6.07 Å². The van der Waals surface area contributed by atoms with E-state index in [0.717, 1.165) is 12.3 Å². The average molecular weight is 290 g/mol. The fourth-order valence-electron chi connectivity index (χ4n) is 1.39. The van der Waals surface area contributed by atoms with Gasteiger partial charge in [0.2, 0.25) is 5.95 Å². The molecule has 9 nitrogen and oxygen atoms in total. The van der Waals surface area contributed by atoms with E-state index in [0.29, 0.717) is 0 Å². The van der Waals surface area contributed by atoms with Crippen LogP contribution in [0.5, 0.6) is 11.6 Å². The number of nitrogens with one attached hydrogen (secondary N) is 1. The van der Waals surface area contributed by atoms with Crippen molar-refractivity contribution in [3.05, 3.63) is 45.9 Å². The predicted molar refractivity (Wildman–Crippen MR) is 67.7 cm³/mol. The topological polar surface area (TPSA) is 140 Å². The molecule has 0 radical (unpaired) electrons. The molecule has 21 heavy (non-hydrogen) atoms. The van der Waals surface area contributed by atoms with Crippen molar-refractivity contribution in [1.29, 1.82) is 5.26 Å². The highest BCUT2D eigenvalue weighted by Crippen LogP contribution is 2.30. The van der Waals surface area contributed by atoms with Crippen LogP contribution in [-0.2, 0) is 0 Å². The third-order valence-corrected chi connectivity index (χ3v) is 2.34. The molecule has 0 saturated heterocycles. The summed E-state index contributed by atoms with van der Waals surface area (Å²) in [5.74, 6) is 3.71. The molecule has 2 aromatic rings. The third-order valence-electron chi connectivity index (χ3n) is 2.34. The highest BCUT2D eigenvalue weighted by Gasteiger charge is 2.20. The quantitative estimate of drug-likeness (QED) is 0.490. The Kier molecular flexibility index (Phi) is 3.87. The van der Waals surface area contributed by atoms with Gasteiger partial charge in [0.1, 0.15) is 23.8 Å². The number of rotatable bonds is 4. The molecule has 0 bridgehead atoms. The highest BCUT2D eigenvalue weighted by molar-refractivity contribution is 5.46. The summed E-state index contributed by atoms with van der Waals surface area (Å²) in [6, 6.07) is 5.02. The van der Waals surface area contributed by atoms with Crippen LogP contribution in [0.2, 0.25) is 0 Å². The van der Waals surface area contributed by atoms with Gasteiger partial charge in [-0.3, -0.25) is 15.5 Å². The molecule has 0 fully saturated rings. The third kappa shape index (κ3) is 2.99. The zero-order valence-corrected chi connectivity index (χ0v) is 10.3. The smallest absolute Gasteiger partial charge is 0.349 e. The number of ether oxygens (including phenoxy) is 1. The average Bonchev–Trinajstić information content (AvgIpc) is 2.47. The minimum atomic E-state index is -0.816. The van der Waals surface area contributed by atoms with Gasteiger partial charge in [0.05, 0.1) is 10.5 Å². The first-order valence-electron chi connectivity index (χ1n) is 5.40. The number of hydrazine groups is 1. The maximum Gasteiger partial charge on any atom is 0.349 e. The van der Waals surface area contributed by atoms with Crippen molar-refractivity contribution >= 4 is 11.6 Å². The Morgan fingerprint density at radius 2 is 2.29 bits per heavy atom. The van der Waals surface area contributed by atoms with Crippen molar-refractivity contribution in [1.82, 2.24) is 9.97 Å². The summed E-state index contributed by atoms with van der Waals surface area (Å²) >= 11 is 0. The minimum absolute atomic E-state index is 0.0590. The van der Waals surface area contributed by atoms with Gasteiger partial charge in [-0.15, -0.1) is 0 Å². The van der Waals surface area contributed by atoms with Gasteiger partial charge in [-0.05, 0) is 12.1 Å². The molecule has 0 saturated carbocycles. The van der Waals surface area contributed by atoms with Gasteiger partial charge in [0.15, 0.2) is 0 Å². The summed E-state index contributed by atoms with van der Waals surface area (Å²) in [5, 5.41) is 19.5. The predicted octanol–water partition coefficient (Wildman–Crippen LogP) is 1.47. The van der Waals surface area contributed by atoms with Crippen LogP contribution in [0, 0.1) is 27.3 Å². The van der Waals surface area contributed by atoms with Crippen LogP contribution < -0.4 is 16.0 Å². The number of nitrogens with zero attached hydrogens (tertiary/aromatic N) is 4. The molecule has 0 spiro atoms. The van der Waals surface area contributed by atoms with Crippen LogP contribution >= 0.6 is 0 Å². The summed E-state index contributed by atoms with van der Waals surface area (Å²) in [6.45, 7) is 0. The van der Waals surface area contributed by atoms with E-state index in [9.17, 15) is 14.5 Å². The largest absolute Gasteiger partial charge is 0.433 e. The normalized spacial score (nSPS) is 9.76. The number of hydrogen-bond donors (Lipinski definition) is 2. The van der Waals surface area contributed by atoms with Crippen LogP contribution in [-0.4, -0.2) is 14.9 Å². The van der Waals surface area contributed by atoms with Gasteiger partial charge in [-0.25, -0.2) is 15.2 Å². The second-order valence-corrected chi connectivity index (χ2v) is 3.64. The Bertz CT molecular complexity index is 745. The lowest BCUT2D eigenvalue weighted by molar-refractivity contribution is -0.386. The Morgan fingerprint density at radius 3 is 2.86 bits per heavy atom. The Labute approximate surface area is 116 Å². The zero-order chi connectivity index (χ0) is 15.4. The molecule has 0 aliphatic rings. The second kappa shape index (κ2) is 5.76. The molecule has 0 unspecified atom stereocenters. The summed E-state index contributed by atoms with van der Waals surface area (Å²) in [6.07, 6.45) is 0.900. The standard InChI is InChI=1S/C11H7FN6O3/c12-8-3-7(2-1-6(8)4-13)21-10-9(18(19)20)5-15-11(16-10)17-14/h1-3,5H,14H2,(H,15,16,17). The molecule has 1 heterocycles. The molecule has 1 aromatic carbocycles. The van der Waals surface area contributed by atoms with Crippen molar-refractivity contribution in [3.63, 3.8) is 0 Å². The van der Waals surface area contributed by atoms with Crippen LogP contribution in [0.25, 0.3) is 0 Å². The summed E-state index contributed by atoms with van der Waals surface area (Å²) in [5.41, 5.74) is 1.41. The molecular weight excluding hydrogens is 283 g/mol. The monoisotopic (exact) mass is 290 g/mol. The van der Waals surface area contributed by atoms with Gasteiger partial charge in [0.25, 0.3) is 0 Å². The highest BCUT2D eigenvalue weighted by atomic mass is 19.1.